The van der Waals surface area contributed by atoms with Crippen LogP contribution >= 0.6 is 0 Å². The van der Waals surface area contributed by atoms with Gasteiger partial charge in [0, 0.05) is 11.1 Å². The third-order valence-electron chi connectivity index (χ3n) is 4.10. The van der Waals surface area contributed by atoms with Gasteiger partial charge in [-0.05, 0) is 23.8 Å². The Morgan fingerprint density at radius 2 is 1.77 bits per heavy atom. The van der Waals surface area contributed by atoms with Crippen molar-refractivity contribution in [2.24, 2.45) is 0 Å². The first-order chi connectivity index (χ1) is 12.6. The summed E-state index contributed by atoms with van der Waals surface area (Å²) in [4.78, 5) is 23.4. The number of fused-ring (bicyclic) bond motifs is 1. The average Bonchev–Trinajstić information content (AvgIpc) is 3.06. The number of carbonyl (C=O) groups is 2. The van der Waals surface area contributed by atoms with Crippen molar-refractivity contribution in [2.75, 3.05) is 27.9 Å². The zero-order chi connectivity index (χ0) is 18.7. The molecule has 1 aliphatic rings. The Morgan fingerprint density at radius 3 is 2.46 bits per heavy atom. The van der Waals surface area contributed by atoms with Crippen LogP contribution in [0, 0.1) is 0 Å². The largest absolute Gasteiger partial charge is 0.493 e. The summed E-state index contributed by atoms with van der Waals surface area (Å²) < 4.78 is 26.2. The molecule has 1 heterocycles. The summed E-state index contributed by atoms with van der Waals surface area (Å²) in [6.45, 7) is -0.118. The van der Waals surface area contributed by atoms with Crippen LogP contribution in [-0.4, -0.2) is 39.9 Å². The second-order valence-electron chi connectivity index (χ2n) is 5.45. The minimum absolute atomic E-state index is 0.176. The minimum atomic E-state index is -0.530. The molecule has 0 radical (unpaired) electrons. The fraction of sp³-hybridized carbons (Fsp3) is 0.263. The van der Waals surface area contributed by atoms with Crippen LogP contribution in [0.2, 0.25) is 0 Å². The molecule has 2 aromatic rings. The summed E-state index contributed by atoms with van der Waals surface area (Å²) >= 11 is 0. The van der Waals surface area contributed by atoms with Crippen LogP contribution in [0.4, 0.5) is 0 Å². The first-order valence-corrected chi connectivity index (χ1v) is 7.84. The van der Waals surface area contributed by atoms with Crippen LogP contribution in [0.15, 0.2) is 30.3 Å². The van der Waals surface area contributed by atoms with Crippen molar-refractivity contribution in [1.82, 2.24) is 0 Å². The summed E-state index contributed by atoms with van der Waals surface area (Å²) in [5, 5.41) is 0. The SMILES string of the molecule is COC(=O)COc1c(-c2cccc3c2COC3=O)ccc(OC)c1OC. The van der Waals surface area contributed by atoms with E-state index in [9.17, 15) is 9.59 Å². The van der Waals surface area contributed by atoms with Crippen LogP contribution in [0.3, 0.4) is 0 Å². The molecule has 0 aliphatic carbocycles. The highest BCUT2D eigenvalue weighted by atomic mass is 16.6. The van der Waals surface area contributed by atoms with Crippen molar-refractivity contribution in [3.63, 3.8) is 0 Å². The first-order valence-electron chi connectivity index (χ1n) is 7.84. The fourth-order valence-corrected chi connectivity index (χ4v) is 2.85. The molecule has 0 N–H and O–H groups in total. The molecule has 0 saturated heterocycles. The second-order valence-corrected chi connectivity index (χ2v) is 5.45. The Hall–Kier alpha value is -3.22. The van der Waals surface area contributed by atoms with Crippen LogP contribution in [0.5, 0.6) is 17.2 Å². The van der Waals surface area contributed by atoms with E-state index in [4.69, 9.17) is 18.9 Å². The van der Waals surface area contributed by atoms with Gasteiger partial charge < -0.3 is 23.7 Å². The smallest absolute Gasteiger partial charge is 0.343 e. The van der Waals surface area contributed by atoms with Gasteiger partial charge in [-0.1, -0.05) is 12.1 Å². The van der Waals surface area contributed by atoms with E-state index in [0.29, 0.717) is 28.4 Å². The Balaban J connectivity index is 2.15. The molecule has 0 aromatic heterocycles. The topological polar surface area (TPSA) is 80.3 Å². The quantitative estimate of drug-likeness (QED) is 0.734. The first kappa shape index (κ1) is 17.6. The van der Waals surface area contributed by atoms with Gasteiger partial charge in [-0.2, -0.15) is 0 Å². The van der Waals surface area contributed by atoms with E-state index in [-0.39, 0.29) is 19.2 Å². The van der Waals surface area contributed by atoms with Gasteiger partial charge in [0.2, 0.25) is 5.75 Å². The molecule has 0 saturated carbocycles. The number of methoxy groups -OCH3 is 3. The Kier molecular flexibility index (Phi) is 4.97. The molecule has 7 nitrogen and oxygen atoms in total. The highest BCUT2D eigenvalue weighted by Crippen LogP contribution is 2.46. The van der Waals surface area contributed by atoms with Crippen molar-refractivity contribution >= 4 is 11.9 Å². The lowest BCUT2D eigenvalue weighted by molar-refractivity contribution is -0.142. The van der Waals surface area contributed by atoms with Crippen molar-refractivity contribution in [3.8, 4) is 28.4 Å². The van der Waals surface area contributed by atoms with E-state index < -0.39 is 5.97 Å². The molecular weight excluding hydrogens is 340 g/mol. The summed E-state index contributed by atoms with van der Waals surface area (Å²) in [7, 11) is 4.27. The number of cyclic esters (lactones) is 1. The standard InChI is InChI=1S/C19H18O7/c1-22-15-8-7-12(17(18(15)24-3)25-10-16(20)23-2)11-5-4-6-13-14(11)9-26-19(13)21/h4-8H,9-10H2,1-3H3. The van der Waals surface area contributed by atoms with Gasteiger partial charge in [-0.15, -0.1) is 0 Å². The van der Waals surface area contributed by atoms with E-state index >= 15 is 0 Å². The Morgan fingerprint density at radius 1 is 1.00 bits per heavy atom. The molecule has 0 unspecified atom stereocenters. The summed E-state index contributed by atoms with van der Waals surface area (Å²) in [5.74, 6) is 0.231. The van der Waals surface area contributed by atoms with Crippen LogP contribution < -0.4 is 14.2 Å². The van der Waals surface area contributed by atoms with E-state index in [0.717, 1.165) is 11.1 Å². The molecular formula is C19H18O7. The molecule has 0 atom stereocenters. The fourth-order valence-electron chi connectivity index (χ4n) is 2.85. The molecule has 26 heavy (non-hydrogen) atoms. The third kappa shape index (κ3) is 3.03. The summed E-state index contributed by atoms with van der Waals surface area (Å²) in [6, 6.07) is 8.85. The van der Waals surface area contributed by atoms with Crippen molar-refractivity contribution in [2.45, 2.75) is 6.61 Å². The van der Waals surface area contributed by atoms with Gasteiger partial charge in [0.25, 0.3) is 0 Å². The molecule has 1 aliphatic heterocycles. The predicted molar refractivity (Wildman–Crippen MR) is 91.6 cm³/mol. The van der Waals surface area contributed by atoms with Crippen LogP contribution in [0.1, 0.15) is 15.9 Å². The molecule has 136 valence electrons. The number of esters is 2. The van der Waals surface area contributed by atoms with Gasteiger partial charge >= 0.3 is 11.9 Å². The van der Waals surface area contributed by atoms with Crippen molar-refractivity contribution in [3.05, 3.63) is 41.5 Å². The maximum Gasteiger partial charge on any atom is 0.343 e. The van der Waals surface area contributed by atoms with Crippen LogP contribution in [0.25, 0.3) is 11.1 Å². The second kappa shape index (κ2) is 7.35. The zero-order valence-electron chi connectivity index (χ0n) is 14.7. The number of rotatable bonds is 6. The molecule has 0 amide bonds. The Bertz CT molecular complexity index is 857. The molecule has 2 aromatic carbocycles. The van der Waals surface area contributed by atoms with Crippen molar-refractivity contribution < 1.29 is 33.3 Å². The number of carbonyl (C=O) groups excluding carboxylic acids is 2. The number of ether oxygens (including phenoxy) is 5. The summed E-state index contributed by atoms with van der Waals surface area (Å²) in [5.41, 5.74) is 2.68. The molecule has 0 spiro atoms. The van der Waals surface area contributed by atoms with Gasteiger partial charge in [0.05, 0.1) is 26.9 Å². The van der Waals surface area contributed by atoms with E-state index in [1.807, 2.05) is 6.07 Å². The molecule has 3 rings (SSSR count). The predicted octanol–water partition coefficient (Wildman–Crippen LogP) is 2.59. The van der Waals surface area contributed by atoms with Gasteiger partial charge in [-0.3, -0.25) is 0 Å². The lowest BCUT2D eigenvalue weighted by atomic mass is 9.95. The number of hydrogen-bond donors (Lipinski definition) is 0. The Labute approximate surface area is 150 Å². The molecule has 0 bridgehead atoms. The molecule has 0 fully saturated rings. The van der Waals surface area contributed by atoms with Gasteiger partial charge in [0.1, 0.15) is 6.61 Å². The lowest BCUT2D eigenvalue weighted by Gasteiger charge is -2.18. The number of hydrogen-bond acceptors (Lipinski definition) is 7. The van der Waals surface area contributed by atoms with E-state index in [1.165, 1.54) is 21.3 Å². The van der Waals surface area contributed by atoms with Gasteiger partial charge in [0.15, 0.2) is 18.1 Å². The van der Waals surface area contributed by atoms with Gasteiger partial charge in [-0.25, -0.2) is 9.59 Å². The third-order valence-corrected chi connectivity index (χ3v) is 4.10. The number of benzene rings is 2. The molecule has 7 heteroatoms. The lowest BCUT2D eigenvalue weighted by Crippen LogP contribution is -2.13. The summed E-state index contributed by atoms with van der Waals surface area (Å²) in [6.07, 6.45) is 0. The zero-order valence-corrected chi connectivity index (χ0v) is 14.7. The average molecular weight is 358 g/mol. The van der Waals surface area contributed by atoms with Crippen molar-refractivity contribution in [1.29, 1.82) is 0 Å². The maximum absolute atomic E-state index is 11.9. The minimum Gasteiger partial charge on any atom is -0.493 e. The highest BCUT2D eigenvalue weighted by Gasteiger charge is 2.27. The van der Waals surface area contributed by atoms with E-state index in [1.54, 1.807) is 24.3 Å². The monoisotopic (exact) mass is 358 g/mol. The van der Waals surface area contributed by atoms with E-state index in [2.05, 4.69) is 4.74 Å². The normalized spacial score (nSPS) is 12.2. The maximum atomic E-state index is 11.9. The highest BCUT2D eigenvalue weighted by molar-refractivity contribution is 5.96. The van der Waals surface area contributed by atoms with Crippen LogP contribution in [-0.2, 0) is 20.9 Å².